The van der Waals surface area contributed by atoms with Crippen molar-refractivity contribution in [1.82, 2.24) is 5.16 Å². The Labute approximate surface area is 95.5 Å². The Bertz CT molecular complexity index is 525. The maximum absolute atomic E-state index is 11.2. The minimum absolute atomic E-state index is 0.237. The molecule has 82 valence electrons. The number of aromatic nitrogens is 1. The Hall–Kier alpha value is -1.62. The van der Waals surface area contributed by atoms with Crippen molar-refractivity contribution < 1.29 is 14.4 Å². The van der Waals surface area contributed by atoms with Gasteiger partial charge in [0.25, 0.3) is 0 Å². The number of nitrogens with zero attached hydrogens (tertiary/aromatic N) is 1. The predicted octanol–water partition coefficient (Wildman–Crippen LogP) is 2.98. The molecule has 0 bridgehead atoms. The van der Waals surface area contributed by atoms with Gasteiger partial charge in [-0.1, -0.05) is 5.16 Å². The van der Waals surface area contributed by atoms with Gasteiger partial charge < -0.3 is 9.63 Å². The van der Waals surface area contributed by atoms with Gasteiger partial charge in [-0.25, -0.2) is 4.79 Å². The first-order valence-corrected chi connectivity index (χ1v) is 5.97. The number of carboxylic acid groups (broad SMARTS) is 1. The fourth-order valence-corrected chi connectivity index (χ4v) is 2.37. The highest BCUT2D eigenvalue weighted by molar-refractivity contribution is 7.08. The van der Waals surface area contributed by atoms with Crippen LogP contribution in [0.1, 0.15) is 34.9 Å². The lowest BCUT2D eigenvalue weighted by Gasteiger charge is -1.95. The van der Waals surface area contributed by atoms with Crippen molar-refractivity contribution in [3.63, 3.8) is 0 Å². The minimum atomic E-state index is -0.954. The Morgan fingerprint density at radius 1 is 1.56 bits per heavy atom. The smallest absolute Gasteiger partial charge is 0.341 e. The number of hydrogen-bond donors (Lipinski definition) is 1. The lowest BCUT2D eigenvalue weighted by molar-refractivity contribution is 0.0695. The molecule has 1 N–H and O–H groups in total. The Morgan fingerprint density at radius 2 is 2.38 bits per heavy atom. The maximum atomic E-state index is 11.2. The van der Waals surface area contributed by atoms with Gasteiger partial charge in [-0.15, -0.1) is 0 Å². The third-order valence-corrected chi connectivity index (χ3v) is 3.36. The average molecular weight is 235 g/mol. The normalized spacial score (nSPS) is 15.2. The van der Waals surface area contributed by atoms with E-state index in [-0.39, 0.29) is 11.5 Å². The molecule has 0 amide bonds. The van der Waals surface area contributed by atoms with Crippen molar-refractivity contribution >= 4 is 17.3 Å². The van der Waals surface area contributed by atoms with Gasteiger partial charge in [-0.3, -0.25) is 0 Å². The highest BCUT2D eigenvalue weighted by Gasteiger charge is 2.35. The van der Waals surface area contributed by atoms with Gasteiger partial charge >= 0.3 is 5.97 Å². The van der Waals surface area contributed by atoms with Crippen LogP contribution >= 0.6 is 11.3 Å². The highest BCUT2D eigenvalue weighted by Crippen LogP contribution is 2.44. The molecule has 0 saturated heterocycles. The fourth-order valence-electron chi connectivity index (χ4n) is 1.73. The van der Waals surface area contributed by atoms with Crippen molar-refractivity contribution in [3.8, 4) is 11.3 Å². The monoisotopic (exact) mass is 235 g/mol. The molecule has 5 heteroatoms. The zero-order valence-corrected chi connectivity index (χ0v) is 9.16. The van der Waals surface area contributed by atoms with Gasteiger partial charge in [0.15, 0.2) is 5.76 Å². The summed E-state index contributed by atoms with van der Waals surface area (Å²) in [5.74, 6) is -0.163. The molecule has 1 aliphatic carbocycles. The molecule has 0 aliphatic heterocycles. The van der Waals surface area contributed by atoms with Crippen LogP contribution in [0.2, 0.25) is 0 Å². The lowest BCUT2D eigenvalue weighted by Crippen LogP contribution is -2.00. The van der Waals surface area contributed by atoms with Crippen molar-refractivity contribution in [2.24, 2.45) is 0 Å². The number of carbonyl (C=O) groups is 1. The third kappa shape index (κ3) is 1.44. The van der Waals surface area contributed by atoms with Gasteiger partial charge in [0.1, 0.15) is 11.3 Å². The van der Waals surface area contributed by atoms with Crippen LogP contribution in [0.5, 0.6) is 0 Å². The van der Waals surface area contributed by atoms with Gasteiger partial charge in [-0.05, 0) is 24.3 Å². The number of aromatic carboxylic acids is 1. The third-order valence-electron chi connectivity index (χ3n) is 2.68. The topological polar surface area (TPSA) is 63.3 Å². The second kappa shape index (κ2) is 3.45. The lowest BCUT2D eigenvalue weighted by atomic mass is 10.1. The standard InChI is InChI=1S/C11H9NO3S/c13-11(14)8-9(7-3-4-16-5-7)12-15-10(8)6-1-2-6/h3-6H,1-2H2,(H,13,14). The van der Waals surface area contributed by atoms with Crippen LogP contribution in [0, 0.1) is 0 Å². The first kappa shape index (κ1) is 9.59. The van der Waals surface area contributed by atoms with Gasteiger partial charge in [0.2, 0.25) is 0 Å². The summed E-state index contributed by atoms with van der Waals surface area (Å²) in [6, 6.07) is 1.85. The number of hydrogen-bond acceptors (Lipinski definition) is 4. The van der Waals surface area contributed by atoms with E-state index in [0.29, 0.717) is 11.5 Å². The summed E-state index contributed by atoms with van der Waals surface area (Å²) >= 11 is 1.51. The molecule has 4 nitrogen and oxygen atoms in total. The van der Waals surface area contributed by atoms with Crippen molar-refractivity contribution in [2.75, 3.05) is 0 Å². The maximum Gasteiger partial charge on any atom is 0.341 e. The molecule has 2 aromatic rings. The molecule has 1 aliphatic rings. The molecular formula is C11H9NO3S. The van der Waals surface area contributed by atoms with E-state index in [1.807, 2.05) is 16.8 Å². The summed E-state index contributed by atoms with van der Waals surface area (Å²) in [5.41, 5.74) is 1.51. The Morgan fingerprint density at radius 3 is 2.94 bits per heavy atom. The van der Waals surface area contributed by atoms with E-state index in [9.17, 15) is 9.90 Å². The first-order valence-electron chi connectivity index (χ1n) is 5.03. The van der Waals surface area contributed by atoms with Crippen LogP contribution in [-0.4, -0.2) is 16.2 Å². The summed E-state index contributed by atoms with van der Waals surface area (Å²) in [6.45, 7) is 0. The Balaban J connectivity index is 2.14. The second-order valence-corrected chi connectivity index (χ2v) is 4.64. The molecule has 1 saturated carbocycles. The number of thiophene rings is 1. The summed E-state index contributed by atoms with van der Waals surface area (Å²) in [5, 5.41) is 16.9. The van der Waals surface area contributed by atoms with Gasteiger partial charge in [0, 0.05) is 16.9 Å². The quantitative estimate of drug-likeness (QED) is 0.888. The average Bonchev–Trinajstić information content (AvgIpc) is 2.83. The van der Waals surface area contributed by atoms with E-state index in [4.69, 9.17) is 4.52 Å². The second-order valence-electron chi connectivity index (χ2n) is 3.86. The molecule has 2 heterocycles. The van der Waals surface area contributed by atoms with Crippen molar-refractivity contribution in [3.05, 3.63) is 28.2 Å². The van der Waals surface area contributed by atoms with Crippen LogP contribution in [0.4, 0.5) is 0 Å². The molecule has 3 rings (SSSR count). The van der Waals surface area contributed by atoms with Crippen LogP contribution in [-0.2, 0) is 0 Å². The molecule has 2 aromatic heterocycles. The molecule has 0 atom stereocenters. The van der Waals surface area contributed by atoms with Crippen LogP contribution in [0.25, 0.3) is 11.3 Å². The first-order chi connectivity index (χ1) is 7.77. The molecule has 0 spiro atoms. The van der Waals surface area contributed by atoms with E-state index in [1.165, 1.54) is 11.3 Å². The van der Waals surface area contributed by atoms with Crippen molar-refractivity contribution in [2.45, 2.75) is 18.8 Å². The molecule has 0 radical (unpaired) electrons. The Kier molecular flexibility index (Phi) is 2.07. The van der Waals surface area contributed by atoms with E-state index in [1.54, 1.807) is 0 Å². The van der Waals surface area contributed by atoms with E-state index >= 15 is 0 Å². The SMILES string of the molecule is O=C(O)c1c(-c2ccsc2)noc1C1CC1. The zero-order chi connectivity index (χ0) is 11.1. The molecule has 0 unspecified atom stereocenters. The van der Waals surface area contributed by atoms with E-state index in [0.717, 1.165) is 18.4 Å². The van der Waals surface area contributed by atoms with Gasteiger partial charge in [0.05, 0.1) is 0 Å². The molecule has 1 fully saturated rings. The van der Waals surface area contributed by atoms with Gasteiger partial charge in [-0.2, -0.15) is 11.3 Å². The largest absolute Gasteiger partial charge is 0.477 e. The van der Waals surface area contributed by atoms with Crippen LogP contribution in [0.15, 0.2) is 21.3 Å². The van der Waals surface area contributed by atoms with Crippen molar-refractivity contribution in [1.29, 1.82) is 0 Å². The summed E-state index contributed by atoms with van der Waals surface area (Å²) in [7, 11) is 0. The predicted molar refractivity (Wildman–Crippen MR) is 58.8 cm³/mol. The highest BCUT2D eigenvalue weighted by atomic mass is 32.1. The number of carboxylic acids is 1. The molecule has 16 heavy (non-hydrogen) atoms. The summed E-state index contributed by atoms with van der Waals surface area (Å²) < 4.78 is 5.18. The molecule has 0 aromatic carbocycles. The van der Waals surface area contributed by atoms with E-state index in [2.05, 4.69) is 5.16 Å². The molecular weight excluding hydrogens is 226 g/mol. The minimum Gasteiger partial charge on any atom is -0.477 e. The zero-order valence-electron chi connectivity index (χ0n) is 8.34. The van der Waals surface area contributed by atoms with Crippen LogP contribution < -0.4 is 0 Å². The fraction of sp³-hybridized carbons (Fsp3) is 0.273. The van der Waals surface area contributed by atoms with E-state index < -0.39 is 5.97 Å². The summed E-state index contributed by atoms with van der Waals surface area (Å²) in [4.78, 5) is 11.2. The summed E-state index contributed by atoms with van der Waals surface area (Å²) in [6.07, 6.45) is 2.00. The number of rotatable bonds is 3. The van der Waals surface area contributed by atoms with Crippen LogP contribution in [0.3, 0.4) is 0 Å².